The Labute approximate surface area is 116 Å². The highest BCUT2D eigenvalue weighted by atomic mass is 32.1. The molecule has 0 radical (unpaired) electrons. The largest absolute Gasteiger partial charge is 0.344 e. The van der Waals surface area contributed by atoms with Crippen LogP contribution in [-0.2, 0) is 13.6 Å². The lowest BCUT2D eigenvalue weighted by Crippen LogP contribution is -2.24. The lowest BCUT2D eigenvalue weighted by molar-refractivity contribution is 0.0953. The van der Waals surface area contributed by atoms with Crippen LogP contribution in [0.15, 0.2) is 11.4 Å². The van der Waals surface area contributed by atoms with Crippen LogP contribution in [0.5, 0.6) is 0 Å². The quantitative estimate of drug-likeness (QED) is 0.933. The second-order valence-corrected chi connectivity index (χ2v) is 5.72. The average molecular weight is 278 g/mol. The van der Waals surface area contributed by atoms with Crippen LogP contribution in [0.25, 0.3) is 0 Å². The van der Waals surface area contributed by atoms with E-state index in [0.29, 0.717) is 12.5 Å². The van der Waals surface area contributed by atoms with Gasteiger partial charge in [-0.1, -0.05) is 13.8 Å². The summed E-state index contributed by atoms with van der Waals surface area (Å²) in [5.74, 6) is 1.96. The monoisotopic (exact) mass is 278 g/mol. The van der Waals surface area contributed by atoms with Crippen LogP contribution in [0, 0.1) is 6.92 Å². The van der Waals surface area contributed by atoms with Crippen LogP contribution >= 0.6 is 11.3 Å². The zero-order valence-corrected chi connectivity index (χ0v) is 12.4. The molecule has 6 heteroatoms. The molecule has 0 bridgehead atoms. The maximum absolute atomic E-state index is 12.0. The normalized spacial score (nSPS) is 11.0. The maximum Gasteiger partial charge on any atom is 0.261 e. The van der Waals surface area contributed by atoms with Crippen molar-refractivity contribution in [3.8, 4) is 0 Å². The van der Waals surface area contributed by atoms with Crippen LogP contribution in [-0.4, -0.2) is 20.7 Å². The van der Waals surface area contributed by atoms with E-state index in [0.717, 1.165) is 22.1 Å². The van der Waals surface area contributed by atoms with Crippen LogP contribution in [0.2, 0.25) is 0 Å². The van der Waals surface area contributed by atoms with E-state index >= 15 is 0 Å². The summed E-state index contributed by atoms with van der Waals surface area (Å²) in [6.07, 6.45) is 0. The number of nitrogens with one attached hydrogen (secondary N) is 1. The summed E-state index contributed by atoms with van der Waals surface area (Å²) in [6.45, 7) is 6.47. The Bertz CT molecular complexity index is 585. The highest BCUT2D eigenvalue weighted by Gasteiger charge is 2.14. The molecule has 1 N–H and O–H groups in total. The number of aryl methyl sites for hydroxylation is 1. The van der Waals surface area contributed by atoms with Crippen molar-refractivity contribution < 1.29 is 4.79 Å². The number of carbonyl (C=O) groups is 1. The lowest BCUT2D eigenvalue weighted by atomic mass is 10.2. The zero-order valence-electron chi connectivity index (χ0n) is 11.6. The highest BCUT2D eigenvalue weighted by Crippen LogP contribution is 2.15. The van der Waals surface area contributed by atoms with Gasteiger partial charge >= 0.3 is 0 Å². The molecule has 2 rings (SSSR count). The fourth-order valence-electron chi connectivity index (χ4n) is 1.88. The number of rotatable bonds is 4. The van der Waals surface area contributed by atoms with Gasteiger partial charge in [-0.05, 0) is 23.9 Å². The number of thiophene rings is 1. The molecule has 2 heterocycles. The molecular formula is C13H18N4OS. The standard InChI is InChI=1S/C13H18N4OS/c1-8(2)12-16-15-10(17(12)4)7-14-13(18)11-9(3)5-6-19-11/h5-6,8H,7H2,1-4H3,(H,14,18). The molecule has 5 nitrogen and oxygen atoms in total. The van der Waals surface area contributed by atoms with Crippen LogP contribution in [0.1, 0.15) is 46.6 Å². The topological polar surface area (TPSA) is 59.8 Å². The first-order chi connectivity index (χ1) is 9.00. The molecular weight excluding hydrogens is 260 g/mol. The van der Waals surface area contributed by atoms with Gasteiger partial charge in [-0.3, -0.25) is 4.79 Å². The van der Waals surface area contributed by atoms with E-state index in [1.165, 1.54) is 11.3 Å². The van der Waals surface area contributed by atoms with E-state index in [4.69, 9.17) is 0 Å². The van der Waals surface area contributed by atoms with Crippen molar-refractivity contribution in [3.05, 3.63) is 33.5 Å². The third kappa shape index (κ3) is 2.84. The molecule has 19 heavy (non-hydrogen) atoms. The molecule has 102 valence electrons. The Balaban J connectivity index is 2.04. The molecule has 0 aliphatic rings. The van der Waals surface area contributed by atoms with Gasteiger partial charge in [-0.2, -0.15) is 0 Å². The van der Waals surface area contributed by atoms with Gasteiger partial charge < -0.3 is 9.88 Å². The van der Waals surface area contributed by atoms with Gasteiger partial charge in [-0.25, -0.2) is 0 Å². The number of carbonyl (C=O) groups excluding carboxylic acids is 1. The van der Waals surface area contributed by atoms with E-state index in [1.807, 2.05) is 30.0 Å². The molecule has 2 aromatic heterocycles. The number of hydrogen-bond donors (Lipinski definition) is 1. The van der Waals surface area contributed by atoms with Crippen molar-refractivity contribution in [3.63, 3.8) is 0 Å². The lowest BCUT2D eigenvalue weighted by Gasteiger charge is -2.07. The van der Waals surface area contributed by atoms with E-state index in [-0.39, 0.29) is 5.91 Å². The maximum atomic E-state index is 12.0. The molecule has 0 saturated heterocycles. The Morgan fingerprint density at radius 3 is 2.74 bits per heavy atom. The first-order valence-electron chi connectivity index (χ1n) is 6.21. The Morgan fingerprint density at radius 2 is 2.21 bits per heavy atom. The van der Waals surface area contributed by atoms with Gasteiger partial charge in [0, 0.05) is 13.0 Å². The van der Waals surface area contributed by atoms with Gasteiger partial charge in [0.15, 0.2) is 5.82 Å². The predicted octanol–water partition coefficient (Wildman–Crippen LogP) is 2.24. The van der Waals surface area contributed by atoms with Crippen molar-refractivity contribution in [1.82, 2.24) is 20.1 Å². The summed E-state index contributed by atoms with van der Waals surface area (Å²) in [7, 11) is 1.92. The predicted molar refractivity (Wildman–Crippen MR) is 75.3 cm³/mol. The van der Waals surface area contributed by atoms with Gasteiger partial charge in [0.25, 0.3) is 5.91 Å². The van der Waals surface area contributed by atoms with Crippen molar-refractivity contribution in [2.24, 2.45) is 7.05 Å². The first-order valence-corrected chi connectivity index (χ1v) is 7.09. The molecule has 0 saturated carbocycles. The minimum absolute atomic E-state index is 0.0541. The Hall–Kier alpha value is -1.69. The van der Waals surface area contributed by atoms with E-state index in [9.17, 15) is 4.79 Å². The minimum atomic E-state index is -0.0541. The molecule has 0 atom stereocenters. The summed E-state index contributed by atoms with van der Waals surface area (Å²) in [5.41, 5.74) is 1.00. The number of nitrogens with zero attached hydrogens (tertiary/aromatic N) is 3. The molecule has 0 spiro atoms. The second kappa shape index (κ2) is 5.52. The Morgan fingerprint density at radius 1 is 1.47 bits per heavy atom. The fourth-order valence-corrected chi connectivity index (χ4v) is 2.72. The SMILES string of the molecule is Cc1ccsc1C(=O)NCc1nnc(C(C)C)n1C. The van der Waals surface area contributed by atoms with E-state index in [2.05, 4.69) is 29.4 Å². The number of aromatic nitrogens is 3. The second-order valence-electron chi connectivity index (χ2n) is 4.80. The van der Waals surface area contributed by atoms with E-state index < -0.39 is 0 Å². The molecule has 0 aliphatic heterocycles. The van der Waals surface area contributed by atoms with Crippen LogP contribution in [0.3, 0.4) is 0 Å². The van der Waals surface area contributed by atoms with Crippen LogP contribution < -0.4 is 5.32 Å². The van der Waals surface area contributed by atoms with Crippen molar-refractivity contribution in [2.45, 2.75) is 33.2 Å². The number of amides is 1. The first kappa shape index (κ1) is 13.7. The fraction of sp³-hybridized carbons (Fsp3) is 0.462. The van der Waals surface area contributed by atoms with Gasteiger partial charge in [0.2, 0.25) is 0 Å². The molecule has 0 unspecified atom stereocenters. The van der Waals surface area contributed by atoms with Crippen molar-refractivity contribution >= 4 is 17.2 Å². The third-order valence-corrected chi connectivity index (χ3v) is 4.01. The molecule has 0 aliphatic carbocycles. The molecule has 1 amide bonds. The average Bonchev–Trinajstić information content (AvgIpc) is 2.93. The van der Waals surface area contributed by atoms with E-state index in [1.54, 1.807) is 0 Å². The van der Waals surface area contributed by atoms with Crippen molar-refractivity contribution in [1.29, 1.82) is 0 Å². The Kier molecular flexibility index (Phi) is 3.99. The van der Waals surface area contributed by atoms with Crippen molar-refractivity contribution in [2.75, 3.05) is 0 Å². The third-order valence-electron chi connectivity index (χ3n) is 2.99. The highest BCUT2D eigenvalue weighted by molar-refractivity contribution is 7.12. The van der Waals surface area contributed by atoms with Crippen LogP contribution in [0.4, 0.5) is 0 Å². The van der Waals surface area contributed by atoms with Gasteiger partial charge in [0.05, 0.1) is 11.4 Å². The zero-order chi connectivity index (χ0) is 14.0. The minimum Gasteiger partial charge on any atom is -0.344 e. The summed E-state index contributed by atoms with van der Waals surface area (Å²) in [5, 5.41) is 13.1. The summed E-state index contributed by atoms with van der Waals surface area (Å²) < 4.78 is 1.94. The smallest absolute Gasteiger partial charge is 0.261 e. The summed E-state index contributed by atoms with van der Waals surface area (Å²) in [4.78, 5) is 12.7. The molecule has 0 fully saturated rings. The number of hydrogen-bond acceptors (Lipinski definition) is 4. The summed E-state index contributed by atoms with van der Waals surface area (Å²) >= 11 is 1.45. The molecule has 0 aromatic carbocycles. The van der Waals surface area contributed by atoms with Gasteiger partial charge in [-0.15, -0.1) is 21.5 Å². The molecule has 2 aromatic rings. The van der Waals surface area contributed by atoms with Gasteiger partial charge in [0.1, 0.15) is 5.82 Å². The summed E-state index contributed by atoms with van der Waals surface area (Å²) in [6, 6.07) is 1.94.